The van der Waals surface area contributed by atoms with Crippen molar-refractivity contribution in [1.29, 1.82) is 0 Å². The molecule has 0 saturated heterocycles. The van der Waals surface area contributed by atoms with Gasteiger partial charge in [-0.15, -0.1) is 11.3 Å². The summed E-state index contributed by atoms with van der Waals surface area (Å²) in [7, 11) is 0. The Hall–Kier alpha value is -1.13. The largest absolute Gasteiger partial charge is 0.464 e. The van der Waals surface area contributed by atoms with E-state index in [1.807, 2.05) is 11.7 Å². The molecule has 92 valence electrons. The second kappa shape index (κ2) is 5.98. The van der Waals surface area contributed by atoms with Crippen LogP contribution in [0.1, 0.15) is 36.3 Å². The second-order valence-corrected chi connectivity index (χ2v) is 4.91. The molecule has 2 heterocycles. The van der Waals surface area contributed by atoms with Gasteiger partial charge in [0.1, 0.15) is 11.5 Å². The minimum absolute atomic E-state index is 0.251. The van der Waals surface area contributed by atoms with Gasteiger partial charge in [0.2, 0.25) is 0 Å². The zero-order chi connectivity index (χ0) is 12.1. The van der Waals surface area contributed by atoms with Crippen molar-refractivity contribution in [3.05, 3.63) is 40.2 Å². The van der Waals surface area contributed by atoms with Crippen molar-refractivity contribution in [2.45, 2.75) is 32.7 Å². The molecule has 0 spiro atoms. The molecule has 17 heavy (non-hydrogen) atoms. The fourth-order valence-corrected chi connectivity index (χ4v) is 2.48. The summed E-state index contributed by atoms with van der Waals surface area (Å²) < 4.78 is 5.82. The first kappa shape index (κ1) is 12.3. The predicted octanol–water partition coefficient (Wildman–Crippen LogP) is 3.19. The highest BCUT2D eigenvalue weighted by molar-refractivity contribution is 7.09. The topological polar surface area (TPSA) is 38.1 Å². The van der Waals surface area contributed by atoms with Gasteiger partial charge >= 0.3 is 0 Å². The van der Waals surface area contributed by atoms with Crippen LogP contribution in [0.15, 0.2) is 28.3 Å². The lowest BCUT2D eigenvalue weighted by Crippen LogP contribution is -2.22. The number of aryl methyl sites for hydroxylation is 1. The van der Waals surface area contributed by atoms with Crippen LogP contribution in [-0.4, -0.2) is 11.5 Å². The van der Waals surface area contributed by atoms with Gasteiger partial charge in [-0.25, -0.2) is 0 Å². The van der Waals surface area contributed by atoms with E-state index in [1.54, 1.807) is 11.3 Å². The molecular formula is C13H18N2OS. The number of likely N-dealkylation sites (N-methyl/N-ethyl adjacent to an activating group) is 1. The molecule has 0 radical (unpaired) electrons. The maximum Gasteiger partial charge on any atom is 0.121 e. The van der Waals surface area contributed by atoms with Crippen molar-refractivity contribution in [2.75, 3.05) is 6.54 Å². The average molecular weight is 250 g/mol. The zero-order valence-electron chi connectivity index (χ0n) is 10.3. The standard InChI is InChI=1S/C13H18N2OS/c1-3-10-5-6-13(16-10)12(15-4-2)7-11-8-14-9-17-11/h5-6,8-9,12,15H,3-4,7H2,1-2H3. The molecule has 0 saturated carbocycles. The van der Waals surface area contributed by atoms with Crippen LogP contribution in [0.3, 0.4) is 0 Å². The van der Waals surface area contributed by atoms with Crippen LogP contribution < -0.4 is 5.32 Å². The van der Waals surface area contributed by atoms with E-state index in [4.69, 9.17) is 4.42 Å². The van der Waals surface area contributed by atoms with Gasteiger partial charge < -0.3 is 9.73 Å². The van der Waals surface area contributed by atoms with E-state index < -0.39 is 0 Å². The highest BCUT2D eigenvalue weighted by atomic mass is 32.1. The van der Waals surface area contributed by atoms with Gasteiger partial charge in [-0.1, -0.05) is 13.8 Å². The summed E-state index contributed by atoms with van der Waals surface area (Å²) in [5.41, 5.74) is 1.87. The number of hydrogen-bond donors (Lipinski definition) is 1. The first-order valence-corrected chi connectivity index (χ1v) is 6.90. The SMILES string of the molecule is CCNC(Cc1cncs1)c1ccc(CC)o1. The number of rotatable bonds is 6. The van der Waals surface area contributed by atoms with Crippen molar-refractivity contribution < 1.29 is 4.42 Å². The Balaban J connectivity index is 2.10. The van der Waals surface area contributed by atoms with Crippen molar-refractivity contribution in [2.24, 2.45) is 0 Å². The number of aromatic nitrogens is 1. The zero-order valence-corrected chi connectivity index (χ0v) is 11.1. The highest BCUT2D eigenvalue weighted by Crippen LogP contribution is 2.22. The Morgan fingerprint density at radius 1 is 1.41 bits per heavy atom. The molecule has 2 rings (SSSR count). The third kappa shape index (κ3) is 3.17. The van der Waals surface area contributed by atoms with Gasteiger partial charge in [0.05, 0.1) is 11.6 Å². The van der Waals surface area contributed by atoms with Crippen molar-refractivity contribution >= 4 is 11.3 Å². The number of nitrogens with zero attached hydrogens (tertiary/aromatic N) is 1. The number of hydrogen-bond acceptors (Lipinski definition) is 4. The van der Waals surface area contributed by atoms with Gasteiger partial charge in [-0.2, -0.15) is 0 Å². The van der Waals surface area contributed by atoms with E-state index in [2.05, 4.69) is 36.3 Å². The second-order valence-electron chi connectivity index (χ2n) is 3.94. The van der Waals surface area contributed by atoms with Crippen LogP contribution in [0.4, 0.5) is 0 Å². The van der Waals surface area contributed by atoms with Crippen LogP contribution in [0.2, 0.25) is 0 Å². The summed E-state index contributed by atoms with van der Waals surface area (Å²) in [6.45, 7) is 5.16. The molecule has 0 amide bonds. The maximum absolute atomic E-state index is 5.82. The summed E-state index contributed by atoms with van der Waals surface area (Å²) in [5.74, 6) is 2.07. The first-order chi connectivity index (χ1) is 8.33. The smallest absolute Gasteiger partial charge is 0.121 e. The Labute approximate surface area is 106 Å². The fourth-order valence-electron chi connectivity index (χ4n) is 1.84. The lowest BCUT2D eigenvalue weighted by molar-refractivity contribution is 0.398. The molecule has 1 unspecified atom stereocenters. The van der Waals surface area contributed by atoms with E-state index in [1.165, 1.54) is 4.88 Å². The van der Waals surface area contributed by atoms with Crippen LogP contribution in [0.25, 0.3) is 0 Å². The number of furan rings is 1. The molecule has 3 nitrogen and oxygen atoms in total. The molecule has 0 aromatic carbocycles. The monoisotopic (exact) mass is 250 g/mol. The average Bonchev–Trinajstić information content (AvgIpc) is 2.99. The highest BCUT2D eigenvalue weighted by Gasteiger charge is 2.15. The van der Waals surface area contributed by atoms with E-state index in [0.717, 1.165) is 30.9 Å². The molecule has 0 aliphatic carbocycles. The van der Waals surface area contributed by atoms with Gasteiger partial charge in [0, 0.05) is 23.9 Å². The van der Waals surface area contributed by atoms with Gasteiger partial charge in [-0.3, -0.25) is 4.98 Å². The van der Waals surface area contributed by atoms with Crippen molar-refractivity contribution in [3.8, 4) is 0 Å². The van der Waals surface area contributed by atoms with Crippen LogP contribution in [0.5, 0.6) is 0 Å². The quantitative estimate of drug-likeness (QED) is 0.855. The summed E-state index contributed by atoms with van der Waals surface area (Å²) in [6.07, 6.45) is 3.81. The van der Waals surface area contributed by atoms with E-state index in [0.29, 0.717) is 0 Å². The minimum atomic E-state index is 0.251. The summed E-state index contributed by atoms with van der Waals surface area (Å²) in [5, 5.41) is 3.46. The Morgan fingerprint density at radius 3 is 2.88 bits per heavy atom. The van der Waals surface area contributed by atoms with Gasteiger partial charge in [-0.05, 0) is 18.7 Å². The van der Waals surface area contributed by atoms with Gasteiger partial charge in [0.15, 0.2) is 0 Å². The van der Waals surface area contributed by atoms with Crippen LogP contribution in [-0.2, 0) is 12.8 Å². The van der Waals surface area contributed by atoms with Crippen molar-refractivity contribution in [1.82, 2.24) is 10.3 Å². The Bertz CT molecular complexity index is 436. The Kier molecular flexibility index (Phi) is 4.34. The Morgan fingerprint density at radius 2 is 2.29 bits per heavy atom. The van der Waals surface area contributed by atoms with E-state index in [-0.39, 0.29) is 6.04 Å². The third-order valence-corrected chi connectivity index (χ3v) is 3.52. The molecule has 2 aromatic rings. The normalized spacial score (nSPS) is 12.8. The van der Waals surface area contributed by atoms with Crippen molar-refractivity contribution in [3.63, 3.8) is 0 Å². The predicted molar refractivity (Wildman–Crippen MR) is 70.3 cm³/mol. The molecule has 0 aliphatic rings. The molecule has 1 atom stereocenters. The number of nitrogens with one attached hydrogen (secondary N) is 1. The number of thiazole rings is 1. The molecule has 1 N–H and O–H groups in total. The summed E-state index contributed by atoms with van der Waals surface area (Å²) in [6, 6.07) is 4.39. The first-order valence-electron chi connectivity index (χ1n) is 6.02. The summed E-state index contributed by atoms with van der Waals surface area (Å²) >= 11 is 1.69. The molecule has 2 aromatic heterocycles. The lowest BCUT2D eigenvalue weighted by Gasteiger charge is -2.14. The molecule has 0 fully saturated rings. The fraction of sp³-hybridized carbons (Fsp3) is 0.462. The molecular weight excluding hydrogens is 232 g/mol. The van der Waals surface area contributed by atoms with Crippen LogP contribution in [0, 0.1) is 0 Å². The third-order valence-electron chi connectivity index (χ3n) is 2.71. The summed E-state index contributed by atoms with van der Waals surface area (Å²) in [4.78, 5) is 5.39. The van der Waals surface area contributed by atoms with Gasteiger partial charge in [0.25, 0.3) is 0 Å². The molecule has 4 heteroatoms. The lowest BCUT2D eigenvalue weighted by atomic mass is 10.1. The maximum atomic E-state index is 5.82. The minimum Gasteiger partial charge on any atom is -0.464 e. The molecule has 0 bridgehead atoms. The van der Waals surface area contributed by atoms with E-state index in [9.17, 15) is 0 Å². The molecule has 0 aliphatic heterocycles. The van der Waals surface area contributed by atoms with E-state index >= 15 is 0 Å². The van der Waals surface area contributed by atoms with Crippen LogP contribution >= 0.6 is 11.3 Å².